The number of ketones is 1. The lowest BCUT2D eigenvalue weighted by Crippen LogP contribution is -2.32. The first-order valence-electron chi connectivity index (χ1n) is 4.84. The summed E-state index contributed by atoms with van der Waals surface area (Å²) in [5, 5.41) is 9.02. The van der Waals surface area contributed by atoms with Gasteiger partial charge in [-0.15, -0.1) is 0 Å². The van der Waals surface area contributed by atoms with Gasteiger partial charge in [0.2, 0.25) is 0 Å². The van der Waals surface area contributed by atoms with Gasteiger partial charge in [-0.1, -0.05) is 20.8 Å². The fraction of sp³-hybridized carbons (Fsp3) is 0.727. The number of allylic oxidation sites excluding steroid dienone is 1. The molecule has 0 aromatic heterocycles. The molecule has 2 heteroatoms. The summed E-state index contributed by atoms with van der Waals surface area (Å²) in [4.78, 5) is 11.9. The summed E-state index contributed by atoms with van der Waals surface area (Å²) in [7, 11) is 0. The zero-order valence-electron chi connectivity index (χ0n) is 8.42. The second-order valence-corrected chi connectivity index (χ2v) is 5.06. The topological polar surface area (TPSA) is 37.3 Å². The number of rotatable bonds is 0. The highest BCUT2D eigenvalue weighted by Gasteiger charge is 2.64. The summed E-state index contributed by atoms with van der Waals surface area (Å²) in [5.41, 5.74) is 0.448. The molecule has 2 aliphatic carbocycles. The predicted molar refractivity (Wildman–Crippen MR) is 50.3 cm³/mol. The fourth-order valence-corrected chi connectivity index (χ4v) is 3.08. The van der Waals surface area contributed by atoms with Crippen LogP contribution in [0.3, 0.4) is 0 Å². The lowest BCUT2D eigenvalue weighted by molar-refractivity contribution is -0.125. The molecule has 0 spiro atoms. The summed E-state index contributed by atoms with van der Waals surface area (Å²) in [6, 6.07) is 0. The molecule has 2 rings (SSSR count). The molecule has 2 bridgehead atoms. The second-order valence-electron chi connectivity index (χ2n) is 5.06. The molecule has 0 heterocycles. The van der Waals surface area contributed by atoms with Crippen LogP contribution in [0, 0.1) is 16.7 Å². The Kier molecular flexibility index (Phi) is 1.47. The average Bonchev–Trinajstić information content (AvgIpc) is 2.36. The van der Waals surface area contributed by atoms with Crippen molar-refractivity contribution in [1.82, 2.24) is 0 Å². The van der Waals surface area contributed by atoms with E-state index in [9.17, 15) is 4.79 Å². The van der Waals surface area contributed by atoms with Crippen LogP contribution in [0.1, 0.15) is 33.6 Å². The van der Waals surface area contributed by atoms with Crippen LogP contribution in [-0.2, 0) is 4.79 Å². The lowest BCUT2D eigenvalue weighted by Gasteiger charge is -2.31. The van der Waals surface area contributed by atoms with Gasteiger partial charge in [0.25, 0.3) is 0 Å². The van der Waals surface area contributed by atoms with E-state index in [1.807, 2.05) is 6.92 Å². The second kappa shape index (κ2) is 2.17. The number of fused-ring (bicyclic) bond motifs is 2. The molecule has 0 aliphatic heterocycles. The van der Waals surface area contributed by atoms with E-state index < -0.39 is 0 Å². The number of hydrogen-bond acceptors (Lipinski definition) is 2. The minimum absolute atomic E-state index is 0.0264. The Labute approximate surface area is 78.6 Å². The van der Waals surface area contributed by atoms with Crippen LogP contribution in [-0.4, -0.2) is 10.9 Å². The maximum Gasteiger partial charge on any atom is 0.168 e. The van der Waals surface area contributed by atoms with Crippen molar-refractivity contribution in [2.75, 3.05) is 0 Å². The first-order valence-corrected chi connectivity index (χ1v) is 4.84. The Bertz CT molecular complexity index is 301. The average molecular weight is 180 g/mol. The molecule has 2 saturated carbocycles. The Balaban J connectivity index is 2.57. The molecule has 0 aromatic rings. The highest BCUT2D eigenvalue weighted by atomic mass is 16.2. The van der Waals surface area contributed by atoms with Crippen LogP contribution in [0.2, 0.25) is 0 Å². The van der Waals surface area contributed by atoms with Crippen LogP contribution in [0.4, 0.5) is 0 Å². The number of carbonyl (C=O) groups excluding carboxylic acids is 1. The van der Waals surface area contributed by atoms with Crippen LogP contribution in [0.5, 0.6) is 0 Å². The fourth-order valence-electron chi connectivity index (χ4n) is 3.08. The third-order valence-electron chi connectivity index (χ3n) is 4.50. The van der Waals surface area contributed by atoms with E-state index in [0.717, 1.165) is 19.1 Å². The van der Waals surface area contributed by atoms with E-state index in [1.165, 1.54) is 0 Å². The first-order chi connectivity index (χ1) is 5.95. The number of aliphatic hydroxyl groups excluding tert-OH is 1. The molecule has 2 atom stereocenters. The van der Waals surface area contributed by atoms with Crippen LogP contribution in [0.25, 0.3) is 0 Å². The van der Waals surface area contributed by atoms with E-state index in [-0.39, 0.29) is 22.5 Å². The number of carbonyl (C=O) groups is 1. The van der Waals surface area contributed by atoms with Crippen molar-refractivity contribution >= 4 is 5.78 Å². The summed E-state index contributed by atoms with van der Waals surface area (Å²) in [6.07, 6.45) is 3.04. The van der Waals surface area contributed by atoms with E-state index in [4.69, 9.17) is 5.11 Å². The van der Waals surface area contributed by atoms with Crippen molar-refractivity contribution in [2.45, 2.75) is 33.6 Å². The monoisotopic (exact) mass is 180 g/mol. The highest BCUT2D eigenvalue weighted by molar-refractivity contribution is 6.04. The Morgan fingerprint density at radius 1 is 1.46 bits per heavy atom. The predicted octanol–water partition coefficient (Wildman–Crippen LogP) is 2.45. The zero-order valence-corrected chi connectivity index (χ0v) is 8.42. The van der Waals surface area contributed by atoms with Gasteiger partial charge in [-0.2, -0.15) is 0 Å². The van der Waals surface area contributed by atoms with Gasteiger partial charge in [0.05, 0.1) is 6.26 Å². The van der Waals surface area contributed by atoms with Crippen molar-refractivity contribution in [3.63, 3.8) is 0 Å². The molecule has 1 N–H and O–H groups in total. The molecule has 0 radical (unpaired) electrons. The zero-order chi connectivity index (χ0) is 9.85. The molecule has 1 unspecified atom stereocenters. The summed E-state index contributed by atoms with van der Waals surface area (Å²) >= 11 is 0. The van der Waals surface area contributed by atoms with E-state index >= 15 is 0 Å². The Morgan fingerprint density at radius 3 is 2.38 bits per heavy atom. The molecule has 72 valence electrons. The van der Waals surface area contributed by atoms with Gasteiger partial charge in [0, 0.05) is 11.0 Å². The quantitative estimate of drug-likeness (QED) is 0.459. The Morgan fingerprint density at radius 2 is 2.08 bits per heavy atom. The standard InChI is InChI=1S/C11H16O2/c1-10(2)8-4-5-11(10,3)9(13)7(8)6-12/h6,8,12H,4-5H2,1-3H3/t8?,11-/m0/s1. The summed E-state index contributed by atoms with van der Waals surface area (Å²) in [5.74, 6) is 0.436. The number of Topliss-reactive ketones (excluding diaryl/α,β-unsaturated/α-hetero) is 1. The van der Waals surface area contributed by atoms with Crippen molar-refractivity contribution < 1.29 is 9.90 Å². The van der Waals surface area contributed by atoms with E-state index in [0.29, 0.717) is 5.57 Å². The van der Waals surface area contributed by atoms with Crippen LogP contribution >= 0.6 is 0 Å². The van der Waals surface area contributed by atoms with Gasteiger partial charge in [0.1, 0.15) is 0 Å². The SMILES string of the molecule is CC1(C)C2CC[C@@]1(C)C(=O)C2=CO. The highest BCUT2D eigenvalue weighted by Crippen LogP contribution is 2.65. The van der Waals surface area contributed by atoms with Gasteiger partial charge in [-0.3, -0.25) is 4.79 Å². The third kappa shape index (κ3) is 0.725. The molecule has 0 amide bonds. The van der Waals surface area contributed by atoms with Gasteiger partial charge < -0.3 is 5.11 Å². The minimum atomic E-state index is -0.230. The Hall–Kier alpha value is -0.790. The van der Waals surface area contributed by atoms with Gasteiger partial charge in [0.15, 0.2) is 5.78 Å². The van der Waals surface area contributed by atoms with Gasteiger partial charge in [-0.05, 0) is 24.2 Å². The molecule has 13 heavy (non-hydrogen) atoms. The van der Waals surface area contributed by atoms with Crippen LogP contribution < -0.4 is 0 Å². The molecule has 2 aliphatic rings. The van der Waals surface area contributed by atoms with Gasteiger partial charge in [-0.25, -0.2) is 0 Å². The normalized spacial score (nSPS) is 44.7. The molecule has 2 fully saturated rings. The van der Waals surface area contributed by atoms with E-state index in [2.05, 4.69) is 13.8 Å². The van der Waals surface area contributed by atoms with Crippen molar-refractivity contribution in [1.29, 1.82) is 0 Å². The van der Waals surface area contributed by atoms with Crippen molar-refractivity contribution in [3.8, 4) is 0 Å². The molecule has 2 nitrogen and oxygen atoms in total. The molecule has 0 aromatic carbocycles. The summed E-state index contributed by atoms with van der Waals surface area (Å²) < 4.78 is 0. The van der Waals surface area contributed by atoms with E-state index in [1.54, 1.807) is 0 Å². The van der Waals surface area contributed by atoms with Crippen molar-refractivity contribution in [2.24, 2.45) is 16.7 Å². The number of aliphatic hydroxyl groups is 1. The largest absolute Gasteiger partial charge is 0.515 e. The minimum Gasteiger partial charge on any atom is -0.515 e. The first kappa shape index (κ1) is 8.79. The molecule has 0 saturated heterocycles. The third-order valence-corrected chi connectivity index (χ3v) is 4.50. The van der Waals surface area contributed by atoms with Crippen LogP contribution in [0.15, 0.2) is 11.8 Å². The molecular weight excluding hydrogens is 164 g/mol. The maximum atomic E-state index is 11.9. The smallest absolute Gasteiger partial charge is 0.168 e. The van der Waals surface area contributed by atoms with Crippen molar-refractivity contribution in [3.05, 3.63) is 11.8 Å². The number of hydrogen-bond donors (Lipinski definition) is 1. The lowest BCUT2D eigenvalue weighted by atomic mass is 9.70. The van der Waals surface area contributed by atoms with Gasteiger partial charge >= 0.3 is 0 Å². The molecular formula is C11H16O2. The maximum absolute atomic E-state index is 11.9. The summed E-state index contributed by atoms with van der Waals surface area (Å²) in [6.45, 7) is 6.31.